The van der Waals surface area contributed by atoms with Crippen LogP contribution in [0.25, 0.3) is 0 Å². The minimum atomic E-state index is -0.268. The zero-order chi connectivity index (χ0) is 12.5. The third-order valence-electron chi connectivity index (χ3n) is 1.92. The fourth-order valence-electron chi connectivity index (χ4n) is 1.09. The number of aromatic nitrogens is 2. The molecule has 1 aromatic rings. The lowest BCUT2D eigenvalue weighted by molar-refractivity contribution is -0.140. The first-order valence-electron chi connectivity index (χ1n) is 5.52. The fraction of sp³-hybridized carbons (Fsp3) is 0.545. The fourth-order valence-corrected chi connectivity index (χ4v) is 1.09. The summed E-state index contributed by atoms with van der Waals surface area (Å²) in [6.45, 7) is 3.08. The third-order valence-corrected chi connectivity index (χ3v) is 1.92. The summed E-state index contributed by atoms with van der Waals surface area (Å²) in [4.78, 5) is 19.0. The maximum absolute atomic E-state index is 10.9. The Labute approximate surface area is 100 Å². The van der Waals surface area contributed by atoms with Gasteiger partial charge in [-0.3, -0.25) is 4.79 Å². The van der Waals surface area contributed by atoms with Gasteiger partial charge in [-0.2, -0.15) is 4.98 Å². The van der Waals surface area contributed by atoms with Gasteiger partial charge in [0.25, 0.3) is 0 Å². The lowest BCUT2D eigenvalue weighted by Crippen LogP contribution is -2.11. The van der Waals surface area contributed by atoms with Crippen molar-refractivity contribution < 1.29 is 14.3 Å². The van der Waals surface area contributed by atoms with Gasteiger partial charge in [-0.15, -0.1) is 0 Å². The maximum Gasteiger partial charge on any atom is 0.307 e. The van der Waals surface area contributed by atoms with Crippen LogP contribution in [0.15, 0.2) is 12.3 Å². The van der Waals surface area contributed by atoms with Crippen molar-refractivity contribution in [3.8, 4) is 5.88 Å². The molecule has 1 rings (SSSR count). The van der Waals surface area contributed by atoms with E-state index in [1.54, 1.807) is 12.3 Å². The molecule has 0 aromatic carbocycles. The molecule has 6 heteroatoms. The third kappa shape index (κ3) is 5.14. The van der Waals surface area contributed by atoms with Crippen molar-refractivity contribution in [2.75, 3.05) is 25.6 Å². The van der Waals surface area contributed by atoms with Gasteiger partial charge < -0.3 is 14.8 Å². The topological polar surface area (TPSA) is 73.3 Å². The Morgan fingerprint density at radius 3 is 3.06 bits per heavy atom. The smallest absolute Gasteiger partial charge is 0.307 e. The van der Waals surface area contributed by atoms with E-state index in [1.165, 1.54) is 7.11 Å². The van der Waals surface area contributed by atoms with Crippen molar-refractivity contribution in [1.82, 2.24) is 9.97 Å². The highest BCUT2D eigenvalue weighted by atomic mass is 16.5. The molecule has 0 saturated heterocycles. The molecule has 0 saturated carbocycles. The molecule has 0 aliphatic carbocycles. The van der Waals surface area contributed by atoms with Crippen molar-refractivity contribution in [2.24, 2.45) is 0 Å². The Morgan fingerprint density at radius 2 is 2.35 bits per heavy atom. The standard InChI is InChI=1S/C11H17N3O3/c1-3-8-17-9-4-6-12-11(14-9)13-7-5-10(15)16-2/h4,6H,3,5,7-8H2,1-2H3,(H,12,13,14). The number of hydrogen-bond acceptors (Lipinski definition) is 6. The quantitative estimate of drug-likeness (QED) is 0.722. The van der Waals surface area contributed by atoms with E-state index in [4.69, 9.17) is 4.74 Å². The largest absolute Gasteiger partial charge is 0.478 e. The van der Waals surface area contributed by atoms with Crippen molar-refractivity contribution in [1.29, 1.82) is 0 Å². The second kappa shape index (κ2) is 7.43. The first-order valence-corrected chi connectivity index (χ1v) is 5.52. The molecule has 0 bridgehead atoms. The highest BCUT2D eigenvalue weighted by molar-refractivity contribution is 5.69. The Bertz CT molecular complexity index is 358. The molecule has 1 N–H and O–H groups in total. The lowest BCUT2D eigenvalue weighted by Gasteiger charge is -2.06. The number of carbonyl (C=O) groups excluding carboxylic acids is 1. The predicted octanol–water partition coefficient (Wildman–Crippen LogP) is 1.24. The molecule has 0 fully saturated rings. The van der Waals surface area contributed by atoms with E-state index in [0.29, 0.717) is 25.0 Å². The molecular formula is C11H17N3O3. The molecule has 1 heterocycles. The second-order valence-electron chi connectivity index (χ2n) is 3.32. The van der Waals surface area contributed by atoms with Crippen molar-refractivity contribution in [2.45, 2.75) is 19.8 Å². The minimum Gasteiger partial charge on any atom is -0.478 e. The number of ether oxygens (including phenoxy) is 2. The molecule has 0 aliphatic rings. The molecule has 0 amide bonds. The van der Waals surface area contributed by atoms with E-state index in [0.717, 1.165) is 6.42 Å². The van der Waals surface area contributed by atoms with Gasteiger partial charge >= 0.3 is 5.97 Å². The van der Waals surface area contributed by atoms with E-state index in [-0.39, 0.29) is 12.4 Å². The summed E-state index contributed by atoms with van der Waals surface area (Å²) in [7, 11) is 1.36. The predicted molar refractivity (Wildman–Crippen MR) is 62.9 cm³/mol. The van der Waals surface area contributed by atoms with Gasteiger partial charge in [0.2, 0.25) is 11.8 Å². The summed E-state index contributed by atoms with van der Waals surface area (Å²) >= 11 is 0. The number of anilines is 1. The SMILES string of the molecule is CCCOc1ccnc(NCCC(=O)OC)n1. The highest BCUT2D eigenvalue weighted by Crippen LogP contribution is 2.08. The molecule has 94 valence electrons. The van der Waals surface area contributed by atoms with Crippen LogP contribution in [0.4, 0.5) is 5.95 Å². The normalized spacial score (nSPS) is 9.76. The van der Waals surface area contributed by atoms with Crippen LogP contribution in [0, 0.1) is 0 Å². The van der Waals surface area contributed by atoms with Crippen LogP contribution in [0.2, 0.25) is 0 Å². The monoisotopic (exact) mass is 239 g/mol. The van der Waals surface area contributed by atoms with E-state index < -0.39 is 0 Å². The van der Waals surface area contributed by atoms with Gasteiger partial charge in [-0.05, 0) is 6.42 Å². The first kappa shape index (κ1) is 13.2. The van der Waals surface area contributed by atoms with E-state index in [1.807, 2.05) is 6.92 Å². The maximum atomic E-state index is 10.9. The molecule has 1 aromatic heterocycles. The molecular weight excluding hydrogens is 222 g/mol. The summed E-state index contributed by atoms with van der Waals surface area (Å²) in [5.41, 5.74) is 0. The number of esters is 1. The van der Waals surface area contributed by atoms with E-state index >= 15 is 0 Å². The molecule has 17 heavy (non-hydrogen) atoms. The minimum absolute atomic E-state index is 0.268. The van der Waals surface area contributed by atoms with Crippen LogP contribution in [-0.2, 0) is 9.53 Å². The van der Waals surface area contributed by atoms with Gasteiger partial charge in [0, 0.05) is 18.8 Å². The van der Waals surface area contributed by atoms with Crippen molar-refractivity contribution >= 4 is 11.9 Å². The van der Waals surface area contributed by atoms with Crippen molar-refractivity contribution in [3.05, 3.63) is 12.3 Å². The van der Waals surface area contributed by atoms with Crippen LogP contribution in [-0.4, -0.2) is 36.2 Å². The van der Waals surface area contributed by atoms with Gasteiger partial charge in [-0.25, -0.2) is 4.98 Å². The van der Waals surface area contributed by atoms with Crippen LogP contribution in [0.1, 0.15) is 19.8 Å². The Balaban J connectivity index is 2.40. The molecule has 0 atom stereocenters. The molecule has 6 nitrogen and oxygen atoms in total. The average Bonchev–Trinajstić information content (AvgIpc) is 2.36. The number of nitrogens with one attached hydrogen (secondary N) is 1. The van der Waals surface area contributed by atoms with Gasteiger partial charge in [0.05, 0.1) is 20.1 Å². The Kier molecular flexibility index (Phi) is 5.77. The van der Waals surface area contributed by atoms with Crippen LogP contribution < -0.4 is 10.1 Å². The Morgan fingerprint density at radius 1 is 1.53 bits per heavy atom. The lowest BCUT2D eigenvalue weighted by atomic mass is 10.4. The average molecular weight is 239 g/mol. The highest BCUT2D eigenvalue weighted by Gasteiger charge is 2.02. The number of nitrogens with zero attached hydrogens (tertiary/aromatic N) is 2. The molecule has 0 unspecified atom stereocenters. The van der Waals surface area contributed by atoms with Gasteiger partial charge in [-0.1, -0.05) is 6.92 Å². The molecule has 0 radical (unpaired) electrons. The van der Waals surface area contributed by atoms with E-state index in [2.05, 4.69) is 20.0 Å². The summed E-state index contributed by atoms with van der Waals surface area (Å²) in [6, 6.07) is 1.70. The van der Waals surface area contributed by atoms with Crippen molar-refractivity contribution in [3.63, 3.8) is 0 Å². The Hall–Kier alpha value is -1.85. The number of rotatable bonds is 7. The molecule has 0 spiro atoms. The molecule has 0 aliphatic heterocycles. The van der Waals surface area contributed by atoms with Crippen LogP contribution in [0.5, 0.6) is 5.88 Å². The number of methoxy groups -OCH3 is 1. The first-order chi connectivity index (χ1) is 8.26. The van der Waals surface area contributed by atoms with E-state index in [9.17, 15) is 4.79 Å². The van der Waals surface area contributed by atoms with Crippen LogP contribution in [0.3, 0.4) is 0 Å². The van der Waals surface area contributed by atoms with Gasteiger partial charge in [0.15, 0.2) is 0 Å². The summed E-state index contributed by atoms with van der Waals surface area (Å²) < 4.78 is 9.88. The number of carbonyl (C=O) groups is 1. The van der Waals surface area contributed by atoms with Gasteiger partial charge in [0.1, 0.15) is 0 Å². The summed E-state index contributed by atoms with van der Waals surface area (Å²) in [5, 5.41) is 2.92. The second-order valence-corrected chi connectivity index (χ2v) is 3.32. The summed E-state index contributed by atoms with van der Waals surface area (Å²) in [6.07, 6.45) is 2.81. The summed E-state index contributed by atoms with van der Waals surface area (Å²) in [5.74, 6) is 0.709. The zero-order valence-corrected chi connectivity index (χ0v) is 10.1. The zero-order valence-electron chi connectivity index (χ0n) is 10.1. The number of hydrogen-bond donors (Lipinski definition) is 1. The van der Waals surface area contributed by atoms with Crippen LogP contribution >= 0.6 is 0 Å².